The lowest BCUT2D eigenvalue weighted by Crippen LogP contribution is -2.24. The molecule has 0 aliphatic rings. The van der Waals surface area contributed by atoms with E-state index in [2.05, 4.69) is 27.2 Å². The maximum absolute atomic E-state index is 11.8. The molecule has 0 unspecified atom stereocenters. The molecule has 0 atom stereocenters. The zero-order valence-electron chi connectivity index (χ0n) is 8.83. The van der Waals surface area contributed by atoms with E-state index in [1.165, 1.54) is 12.1 Å². The number of anilines is 1. The molecule has 0 saturated heterocycles. The molecule has 0 aliphatic heterocycles. The molecule has 0 amide bonds. The zero-order valence-corrected chi connectivity index (χ0v) is 11.2. The summed E-state index contributed by atoms with van der Waals surface area (Å²) < 4.78 is 26.8. The molecule has 1 aromatic rings. The lowest BCUT2D eigenvalue weighted by Gasteiger charge is -2.10. The van der Waals surface area contributed by atoms with Crippen molar-refractivity contribution in [1.82, 2.24) is 4.72 Å². The molecule has 0 aliphatic carbocycles. The first-order valence-corrected chi connectivity index (χ1v) is 6.82. The van der Waals surface area contributed by atoms with Gasteiger partial charge in [0.2, 0.25) is 10.0 Å². The van der Waals surface area contributed by atoms with Crippen LogP contribution in [0, 0.1) is 6.92 Å². The third-order valence-electron chi connectivity index (χ3n) is 2.00. The third-order valence-corrected chi connectivity index (χ3v) is 4.25. The Kier molecular flexibility index (Phi) is 4.12. The molecule has 1 aromatic carbocycles. The highest BCUT2D eigenvalue weighted by atomic mass is 79.9. The van der Waals surface area contributed by atoms with Gasteiger partial charge in [-0.3, -0.25) is 0 Å². The van der Waals surface area contributed by atoms with Crippen molar-refractivity contribution >= 4 is 31.6 Å². The van der Waals surface area contributed by atoms with Gasteiger partial charge >= 0.3 is 0 Å². The predicted octanol–water partition coefficient (Wildman–Crippen LogP) is 1.80. The minimum absolute atomic E-state index is 0.190. The number of nitrogens with two attached hydrogens (primary N) is 1. The monoisotopic (exact) mass is 304 g/mol. The fourth-order valence-corrected chi connectivity index (χ4v) is 2.92. The molecule has 88 valence electrons. The number of benzene rings is 1. The summed E-state index contributed by atoms with van der Waals surface area (Å²) >= 11 is 3.24. The molecule has 0 saturated carbocycles. The van der Waals surface area contributed by atoms with E-state index >= 15 is 0 Å². The van der Waals surface area contributed by atoms with Gasteiger partial charge in [0.25, 0.3) is 0 Å². The van der Waals surface area contributed by atoms with Gasteiger partial charge in [0.1, 0.15) is 0 Å². The van der Waals surface area contributed by atoms with Crippen LogP contribution in [0.15, 0.2) is 34.2 Å². The van der Waals surface area contributed by atoms with E-state index in [1.54, 1.807) is 13.0 Å². The summed E-state index contributed by atoms with van der Waals surface area (Å²) in [4.78, 5) is 0.190. The van der Waals surface area contributed by atoms with E-state index in [4.69, 9.17) is 5.73 Å². The predicted molar refractivity (Wildman–Crippen MR) is 68.7 cm³/mol. The first kappa shape index (κ1) is 13.2. The normalized spacial score (nSPS) is 11.4. The van der Waals surface area contributed by atoms with Crippen LogP contribution in [0.5, 0.6) is 0 Å². The maximum atomic E-state index is 11.8. The lowest BCUT2D eigenvalue weighted by atomic mass is 10.2. The van der Waals surface area contributed by atoms with Gasteiger partial charge < -0.3 is 5.73 Å². The van der Waals surface area contributed by atoms with Crippen molar-refractivity contribution < 1.29 is 8.42 Å². The van der Waals surface area contributed by atoms with Gasteiger partial charge in [0, 0.05) is 16.7 Å². The highest BCUT2D eigenvalue weighted by Gasteiger charge is 2.17. The van der Waals surface area contributed by atoms with Gasteiger partial charge in [-0.05, 0) is 40.5 Å². The van der Waals surface area contributed by atoms with Crippen LogP contribution >= 0.6 is 15.9 Å². The van der Waals surface area contributed by atoms with Crippen LogP contribution in [0.2, 0.25) is 0 Å². The summed E-state index contributed by atoms with van der Waals surface area (Å²) in [6, 6.07) is 3.11. The topological polar surface area (TPSA) is 72.2 Å². The summed E-state index contributed by atoms with van der Waals surface area (Å²) in [5, 5.41) is 0. The third kappa shape index (κ3) is 2.84. The van der Waals surface area contributed by atoms with E-state index < -0.39 is 10.0 Å². The van der Waals surface area contributed by atoms with Gasteiger partial charge in [-0.25, -0.2) is 13.1 Å². The van der Waals surface area contributed by atoms with E-state index in [0.717, 1.165) is 0 Å². The minimum atomic E-state index is -3.51. The van der Waals surface area contributed by atoms with Crippen molar-refractivity contribution in [3.63, 3.8) is 0 Å². The van der Waals surface area contributed by atoms with Gasteiger partial charge in [-0.2, -0.15) is 0 Å². The van der Waals surface area contributed by atoms with Crippen molar-refractivity contribution in [2.75, 3.05) is 12.3 Å². The summed E-state index contributed by atoms with van der Waals surface area (Å²) in [6.07, 6.45) is 1.48. The van der Waals surface area contributed by atoms with Crippen LogP contribution in [-0.4, -0.2) is 15.0 Å². The summed E-state index contributed by atoms with van der Waals surface area (Å²) in [5.41, 5.74) is 6.69. The number of sulfonamides is 1. The molecular formula is C10H13BrN2O2S. The Balaban J connectivity index is 3.23. The van der Waals surface area contributed by atoms with E-state index in [1.807, 2.05) is 0 Å². The molecule has 0 fully saturated rings. The Morgan fingerprint density at radius 1 is 1.56 bits per heavy atom. The molecular weight excluding hydrogens is 292 g/mol. The molecule has 0 heterocycles. The number of hydrogen-bond donors (Lipinski definition) is 2. The Morgan fingerprint density at radius 2 is 2.19 bits per heavy atom. The number of nitrogen functional groups attached to an aromatic ring is 1. The molecule has 3 N–H and O–H groups in total. The van der Waals surface area contributed by atoms with Crippen molar-refractivity contribution in [3.05, 3.63) is 34.8 Å². The second-order valence-corrected chi connectivity index (χ2v) is 5.87. The van der Waals surface area contributed by atoms with Crippen molar-refractivity contribution in [3.8, 4) is 0 Å². The van der Waals surface area contributed by atoms with Crippen LogP contribution in [0.4, 0.5) is 5.69 Å². The van der Waals surface area contributed by atoms with E-state index in [0.29, 0.717) is 15.7 Å². The average Bonchev–Trinajstić information content (AvgIpc) is 2.20. The number of hydrogen-bond acceptors (Lipinski definition) is 3. The van der Waals surface area contributed by atoms with E-state index in [-0.39, 0.29) is 11.4 Å². The average molecular weight is 305 g/mol. The summed E-state index contributed by atoms with van der Waals surface area (Å²) in [6.45, 7) is 5.36. The molecule has 0 radical (unpaired) electrons. The number of rotatable bonds is 4. The van der Waals surface area contributed by atoms with Crippen LogP contribution in [0.1, 0.15) is 5.56 Å². The molecule has 0 spiro atoms. The quantitative estimate of drug-likeness (QED) is 0.658. The zero-order chi connectivity index (χ0) is 12.3. The molecule has 4 nitrogen and oxygen atoms in total. The second kappa shape index (κ2) is 4.99. The molecule has 6 heteroatoms. The van der Waals surface area contributed by atoms with Crippen molar-refractivity contribution in [2.45, 2.75) is 11.8 Å². The molecule has 0 bridgehead atoms. The first-order valence-electron chi connectivity index (χ1n) is 4.54. The Bertz CT molecular complexity index is 512. The highest BCUT2D eigenvalue weighted by molar-refractivity contribution is 9.10. The standard InChI is InChI=1S/C10H13BrN2O2S/c1-3-4-13-16(14,15)10-6-9(12)8(11)5-7(10)2/h3,5-6,13H,1,4,12H2,2H3. The summed E-state index contributed by atoms with van der Waals surface area (Å²) in [5.74, 6) is 0. The van der Waals surface area contributed by atoms with Crippen LogP contribution in [-0.2, 0) is 10.0 Å². The second-order valence-electron chi connectivity index (χ2n) is 3.28. The molecule has 16 heavy (non-hydrogen) atoms. The van der Waals surface area contributed by atoms with Crippen LogP contribution < -0.4 is 10.5 Å². The summed E-state index contributed by atoms with van der Waals surface area (Å²) in [7, 11) is -3.51. The smallest absolute Gasteiger partial charge is 0.241 e. The maximum Gasteiger partial charge on any atom is 0.241 e. The molecule has 1 rings (SSSR count). The number of nitrogens with one attached hydrogen (secondary N) is 1. The van der Waals surface area contributed by atoms with E-state index in [9.17, 15) is 8.42 Å². The highest BCUT2D eigenvalue weighted by Crippen LogP contribution is 2.26. The Hall–Kier alpha value is -0.850. The van der Waals surface area contributed by atoms with Gasteiger partial charge in [-0.15, -0.1) is 6.58 Å². The van der Waals surface area contributed by atoms with Crippen molar-refractivity contribution in [2.24, 2.45) is 0 Å². The fraction of sp³-hybridized carbons (Fsp3) is 0.200. The van der Waals surface area contributed by atoms with Crippen LogP contribution in [0.3, 0.4) is 0 Å². The van der Waals surface area contributed by atoms with Crippen molar-refractivity contribution in [1.29, 1.82) is 0 Å². The largest absolute Gasteiger partial charge is 0.398 e. The fourth-order valence-electron chi connectivity index (χ4n) is 1.20. The number of halogens is 1. The SMILES string of the molecule is C=CCNS(=O)(=O)c1cc(N)c(Br)cc1C. The molecule has 0 aromatic heterocycles. The van der Waals surface area contributed by atoms with Crippen LogP contribution in [0.25, 0.3) is 0 Å². The minimum Gasteiger partial charge on any atom is -0.398 e. The Morgan fingerprint density at radius 3 is 2.75 bits per heavy atom. The lowest BCUT2D eigenvalue weighted by molar-refractivity contribution is 0.585. The number of aryl methyl sites for hydroxylation is 1. The Labute approximate surface area is 104 Å². The van der Waals surface area contributed by atoms with Gasteiger partial charge in [0.15, 0.2) is 0 Å². The van der Waals surface area contributed by atoms with Gasteiger partial charge in [0.05, 0.1) is 4.90 Å². The first-order chi connectivity index (χ1) is 7.38. The van der Waals surface area contributed by atoms with Gasteiger partial charge in [-0.1, -0.05) is 6.08 Å².